The van der Waals surface area contributed by atoms with E-state index in [0.29, 0.717) is 0 Å². The van der Waals surface area contributed by atoms with Gasteiger partial charge in [-0.1, -0.05) is 45.8 Å². The fourth-order valence-corrected chi connectivity index (χ4v) is 1.65. The molecule has 0 heterocycles. The summed E-state index contributed by atoms with van der Waals surface area (Å²) in [6, 6.07) is 0. The third kappa shape index (κ3) is 4.58. The van der Waals surface area contributed by atoms with Gasteiger partial charge in [0.25, 0.3) is 0 Å². The monoisotopic (exact) mass is 168 g/mol. The van der Waals surface area contributed by atoms with Gasteiger partial charge in [0.1, 0.15) is 0 Å². The molecule has 72 valence electrons. The van der Waals surface area contributed by atoms with Crippen molar-refractivity contribution in [1.82, 2.24) is 0 Å². The Hall–Kier alpha value is -0.260. The lowest BCUT2D eigenvalue weighted by molar-refractivity contribution is 0.572. The van der Waals surface area contributed by atoms with E-state index in [2.05, 4.69) is 34.3 Å². The van der Waals surface area contributed by atoms with Crippen molar-refractivity contribution in [2.24, 2.45) is 11.8 Å². The summed E-state index contributed by atoms with van der Waals surface area (Å²) in [5.74, 6) is 1.80. The Morgan fingerprint density at radius 3 is 2.00 bits per heavy atom. The zero-order chi connectivity index (χ0) is 9.56. The van der Waals surface area contributed by atoms with E-state index in [-0.39, 0.29) is 0 Å². The first kappa shape index (κ1) is 11.7. The molecule has 1 rings (SSSR count). The molecule has 0 amide bonds. The van der Waals surface area contributed by atoms with Crippen LogP contribution in [0.1, 0.15) is 53.4 Å². The van der Waals surface area contributed by atoms with Crippen molar-refractivity contribution < 1.29 is 0 Å². The summed E-state index contributed by atoms with van der Waals surface area (Å²) in [6.07, 6.45) is 5.43. The normalized spacial score (nSPS) is 27.7. The number of hydrogen-bond donors (Lipinski definition) is 0. The van der Waals surface area contributed by atoms with E-state index in [0.717, 1.165) is 11.8 Å². The number of allylic oxidation sites excluding steroid dienone is 1. The minimum Gasteiger partial charge on any atom is -0.0999 e. The Morgan fingerprint density at radius 2 is 1.83 bits per heavy atom. The van der Waals surface area contributed by atoms with Gasteiger partial charge in [-0.15, -0.1) is 0 Å². The maximum Gasteiger partial charge on any atom is -0.0206 e. The molecule has 1 aliphatic carbocycles. The van der Waals surface area contributed by atoms with Crippen LogP contribution in [0.2, 0.25) is 0 Å². The van der Waals surface area contributed by atoms with Gasteiger partial charge in [0.2, 0.25) is 0 Å². The maximum absolute atomic E-state index is 3.97. The van der Waals surface area contributed by atoms with Crippen LogP contribution in [0.3, 0.4) is 0 Å². The highest BCUT2D eigenvalue weighted by molar-refractivity contribution is 4.99. The van der Waals surface area contributed by atoms with Crippen LogP contribution in [0.5, 0.6) is 0 Å². The molecule has 1 fully saturated rings. The molecule has 0 aromatic heterocycles. The van der Waals surface area contributed by atoms with Crippen molar-refractivity contribution in [2.75, 3.05) is 0 Å². The zero-order valence-corrected chi connectivity index (χ0v) is 9.19. The Labute approximate surface area is 78.1 Å². The number of rotatable bonds is 1. The van der Waals surface area contributed by atoms with Crippen molar-refractivity contribution >= 4 is 0 Å². The van der Waals surface area contributed by atoms with Crippen LogP contribution in [-0.4, -0.2) is 0 Å². The van der Waals surface area contributed by atoms with E-state index in [1.807, 2.05) is 0 Å². The highest BCUT2D eigenvalue weighted by Gasteiger charge is 2.20. The lowest BCUT2D eigenvalue weighted by Crippen LogP contribution is -1.93. The molecular formula is C12H24. The van der Waals surface area contributed by atoms with Crippen LogP contribution < -0.4 is 0 Å². The van der Waals surface area contributed by atoms with Gasteiger partial charge in [0.15, 0.2) is 0 Å². The molecule has 0 heteroatoms. The van der Waals surface area contributed by atoms with Crippen molar-refractivity contribution in [3.05, 3.63) is 12.2 Å². The summed E-state index contributed by atoms with van der Waals surface area (Å²) in [6.45, 7) is 12.7. The Balaban J connectivity index is 0.000000354. The van der Waals surface area contributed by atoms with Crippen molar-refractivity contribution in [3.8, 4) is 0 Å². The molecule has 12 heavy (non-hydrogen) atoms. The Bertz CT molecular complexity index is 124. The van der Waals surface area contributed by atoms with Crippen LogP contribution in [0.25, 0.3) is 0 Å². The van der Waals surface area contributed by atoms with E-state index >= 15 is 0 Å². The summed E-state index contributed by atoms with van der Waals surface area (Å²) in [4.78, 5) is 0. The predicted octanol–water partition coefficient (Wildman–Crippen LogP) is 4.42. The Morgan fingerprint density at radius 1 is 1.33 bits per heavy atom. The van der Waals surface area contributed by atoms with Gasteiger partial charge in [-0.2, -0.15) is 0 Å². The van der Waals surface area contributed by atoms with E-state index in [9.17, 15) is 0 Å². The van der Waals surface area contributed by atoms with Crippen molar-refractivity contribution in [1.29, 1.82) is 0 Å². The van der Waals surface area contributed by atoms with Crippen LogP contribution in [0.4, 0.5) is 0 Å². The first-order valence-corrected chi connectivity index (χ1v) is 5.27. The molecule has 0 radical (unpaired) electrons. The van der Waals surface area contributed by atoms with Gasteiger partial charge in [0, 0.05) is 0 Å². The maximum atomic E-state index is 3.97. The molecule has 0 aromatic carbocycles. The van der Waals surface area contributed by atoms with Gasteiger partial charge >= 0.3 is 0 Å². The van der Waals surface area contributed by atoms with E-state index in [1.54, 1.807) is 0 Å². The molecule has 0 aliphatic heterocycles. The molecule has 0 spiro atoms. The summed E-state index contributed by atoms with van der Waals surface area (Å²) in [5, 5.41) is 0. The van der Waals surface area contributed by atoms with Gasteiger partial charge in [-0.05, 0) is 31.6 Å². The van der Waals surface area contributed by atoms with Gasteiger partial charge in [-0.3, -0.25) is 0 Å². The van der Waals surface area contributed by atoms with E-state index < -0.39 is 0 Å². The van der Waals surface area contributed by atoms with Gasteiger partial charge in [-0.25, -0.2) is 0 Å². The minimum atomic E-state index is 0.847. The van der Waals surface area contributed by atoms with Crippen LogP contribution in [0, 0.1) is 11.8 Å². The van der Waals surface area contributed by atoms with E-state index in [1.165, 1.54) is 31.3 Å². The fraction of sp³-hybridized carbons (Fsp3) is 0.833. The number of hydrogen-bond acceptors (Lipinski definition) is 0. The first-order chi connectivity index (χ1) is 5.61. The minimum absolute atomic E-state index is 0.847. The first-order valence-electron chi connectivity index (χ1n) is 5.27. The molecule has 1 aliphatic rings. The standard InChI is InChI=1S/C9H16.C3H8/c1-7(2)9-5-4-8(3)6-9;1-3-2/h8-9H,1,4-6H2,2-3H3;3H2,1-2H3. The molecule has 2 unspecified atom stereocenters. The Kier molecular flexibility index (Phi) is 6.14. The zero-order valence-electron chi connectivity index (χ0n) is 9.19. The summed E-state index contributed by atoms with van der Waals surface area (Å²) in [5.41, 5.74) is 1.39. The van der Waals surface area contributed by atoms with Crippen molar-refractivity contribution in [2.45, 2.75) is 53.4 Å². The highest BCUT2D eigenvalue weighted by atomic mass is 14.3. The van der Waals surface area contributed by atoms with Crippen molar-refractivity contribution in [3.63, 3.8) is 0 Å². The molecule has 0 bridgehead atoms. The van der Waals surface area contributed by atoms with Crippen LogP contribution in [0.15, 0.2) is 12.2 Å². The highest BCUT2D eigenvalue weighted by Crippen LogP contribution is 2.33. The van der Waals surface area contributed by atoms with Gasteiger partial charge in [0.05, 0.1) is 0 Å². The molecule has 0 aromatic rings. The van der Waals surface area contributed by atoms with Crippen LogP contribution >= 0.6 is 0 Å². The molecule has 1 saturated carbocycles. The van der Waals surface area contributed by atoms with Gasteiger partial charge < -0.3 is 0 Å². The topological polar surface area (TPSA) is 0 Å². The fourth-order valence-electron chi connectivity index (χ4n) is 1.65. The molecule has 0 nitrogen and oxygen atoms in total. The van der Waals surface area contributed by atoms with E-state index in [4.69, 9.17) is 0 Å². The second-order valence-corrected chi connectivity index (χ2v) is 4.17. The molecule has 0 saturated heterocycles. The lowest BCUT2D eigenvalue weighted by atomic mass is 10.00. The SMILES string of the molecule is C=C(C)C1CCC(C)C1.CCC. The predicted molar refractivity (Wildman–Crippen MR) is 57.3 cm³/mol. The third-order valence-corrected chi connectivity index (χ3v) is 2.39. The third-order valence-electron chi connectivity index (χ3n) is 2.39. The summed E-state index contributed by atoms with van der Waals surface area (Å²) >= 11 is 0. The summed E-state index contributed by atoms with van der Waals surface area (Å²) < 4.78 is 0. The molecule has 0 N–H and O–H groups in total. The largest absolute Gasteiger partial charge is 0.0999 e. The molecule has 2 atom stereocenters. The quantitative estimate of drug-likeness (QED) is 0.509. The smallest absolute Gasteiger partial charge is 0.0206 e. The second-order valence-electron chi connectivity index (χ2n) is 4.17. The summed E-state index contributed by atoms with van der Waals surface area (Å²) in [7, 11) is 0. The molecular weight excluding hydrogens is 144 g/mol. The second kappa shape index (κ2) is 6.28. The van der Waals surface area contributed by atoms with Crippen LogP contribution in [-0.2, 0) is 0 Å². The lowest BCUT2D eigenvalue weighted by Gasteiger charge is -2.06. The average molecular weight is 168 g/mol. The average Bonchev–Trinajstić information content (AvgIpc) is 2.37.